The van der Waals surface area contributed by atoms with Gasteiger partial charge in [0.1, 0.15) is 0 Å². The summed E-state index contributed by atoms with van der Waals surface area (Å²) in [5.74, 6) is 0.850. The Hall–Kier alpha value is -1.35. The molecule has 2 N–H and O–H groups in total. The van der Waals surface area contributed by atoms with Crippen LogP contribution in [0.2, 0.25) is 0 Å². The highest BCUT2D eigenvalue weighted by Gasteiger charge is 2.26. The normalized spacial score (nSPS) is 24.1. The van der Waals surface area contributed by atoms with Gasteiger partial charge in [0, 0.05) is 6.04 Å². The molecule has 3 atom stereocenters. The van der Waals surface area contributed by atoms with Crippen LogP contribution in [0.5, 0.6) is 0 Å². The maximum Gasteiger partial charge on any atom is 0.237 e. The minimum absolute atomic E-state index is 0.00748. The Bertz CT molecular complexity index is 418. The summed E-state index contributed by atoms with van der Waals surface area (Å²) in [5.41, 5.74) is 1.27. The zero-order valence-electron chi connectivity index (χ0n) is 12.6. The van der Waals surface area contributed by atoms with Crippen molar-refractivity contribution in [3.63, 3.8) is 0 Å². The van der Waals surface area contributed by atoms with E-state index in [9.17, 15) is 4.79 Å². The molecule has 3 nitrogen and oxygen atoms in total. The van der Waals surface area contributed by atoms with Crippen LogP contribution in [0.4, 0.5) is 0 Å². The van der Waals surface area contributed by atoms with Crippen molar-refractivity contribution < 1.29 is 4.79 Å². The van der Waals surface area contributed by atoms with E-state index < -0.39 is 0 Å². The van der Waals surface area contributed by atoms with Gasteiger partial charge in [0.2, 0.25) is 5.91 Å². The van der Waals surface area contributed by atoms with E-state index in [4.69, 9.17) is 0 Å². The Morgan fingerprint density at radius 3 is 2.85 bits per heavy atom. The fraction of sp³-hybridized carbons (Fsp3) is 0.588. The molecular formula is C17H26N2O. The molecule has 1 aromatic rings. The number of carbonyl (C=O) groups excluding carboxylic acids is 1. The van der Waals surface area contributed by atoms with Crippen molar-refractivity contribution in [2.45, 2.75) is 51.6 Å². The van der Waals surface area contributed by atoms with Gasteiger partial charge in [-0.15, -0.1) is 0 Å². The average Bonchev–Trinajstić information content (AvgIpc) is 2.48. The van der Waals surface area contributed by atoms with Gasteiger partial charge in [0.15, 0.2) is 0 Å². The highest BCUT2D eigenvalue weighted by atomic mass is 16.2. The van der Waals surface area contributed by atoms with Gasteiger partial charge in [-0.25, -0.2) is 0 Å². The van der Waals surface area contributed by atoms with E-state index in [1.807, 2.05) is 18.2 Å². The number of carbonyl (C=O) groups is 1. The topological polar surface area (TPSA) is 41.1 Å². The number of amides is 1. The molecule has 20 heavy (non-hydrogen) atoms. The van der Waals surface area contributed by atoms with Gasteiger partial charge in [-0.1, -0.05) is 43.7 Å². The summed E-state index contributed by atoms with van der Waals surface area (Å²) in [6, 6.07) is 10.5. The van der Waals surface area contributed by atoms with Gasteiger partial charge >= 0.3 is 0 Å². The molecule has 3 unspecified atom stereocenters. The predicted octanol–water partition coefficient (Wildman–Crippen LogP) is 2.51. The molecule has 1 aliphatic rings. The maximum absolute atomic E-state index is 12.3. The van der Waals surface area contributed by atoms with E-state index in [-0.39, 0.29) is 18.0 Å². The second-order valence-electron chi connectivity index (χ2n) is 5.90. The number of hydrogen-bond donors (Lipinski definition) is 2. The molecule has 0 aliphatic carbocycles. The van der Waals surface area contributed by atoms with E-state index in [1.165, 1.54) is 18.4 Å². The van der Waals surface area contributed by atoms with Gasteiger partial charge in [0.25, 0.3) is 0 Å². The van der Waals surface area contributed by atoms with E-state index in [1.54, 1.807) is 0 Å². The molecule has 0 saturated carbocycles. The first-order chi connectivity index (χ1) is 9.69. The molecule has 1 amide bonds. The Morgan fingerprint density at radius 2 is 2.15 bits per heavy atom. The SMILES string of the molecule is CCC1CCNC(C(=O)NC(C)Cc2ccccc2)C1. The van der Waals surface area contributed by atoms with Gasteiger partial charge < -0.3 is 10.6 Å². The summed E-state index contributed by atoms with van der Waals surface area (Å²) >= 11 is 0. The molecule has 0 aromatic heterocycles. The highest BCUT2D eigenvalue weighted by molar-refractivity contribution is 5.82. The quantitative estimate of drug-likeness (QED) is 0.866. The summed E-state index contributed by atoms with van der Waals surface area (Å²) in [4.78, 5) is 12.3. The molecule has 2 rings (SSSR count). The van der Waals surface area contributed by atoms with E-state index in [0.29, 0.717) is 5.92 Å². The summed E-state index contributed by atoms with van der Waals surface area (Å²) in [6.45, 7) is 5.25. The first kappa shape index (κ1) is 15.0. The summed E-state index contributed by atoms with van der Waals surface area (Å²) < 4.78 is 0. The largest absolute Gasteiger partial charge is 0.352 e. The molecule has 1 heterocycles. The summed E-state index contributed by atoms with van der Waals surface area (Å²) in [5, 5.41) is 6.48. The summed E-state index contributed by atoms with van der Waals surface area (Å²) in [6.07, 6.45) is 4.22. The van der Waals surface area contributed by atoms with Crippen molar-refractivity contribution in [3.8, 4) is 0 Å². The van der Waals surface area contributed by atoms with Crippen molar-refractivity contribution in [2.75, 3.05) is 6.54 Å². The third kappa shape index (κ3) is 4.34. The van der Waals surface area contributed by atoms with E-state index in [0.717, 1.165) is 19.4 Å². The molecule has 1 aromatic carbocycles. The van der Waals surface area contributed by atoms with Crippen LogP contribution >= 0.6 is 0 Å². The zero-order chi connectivity index (χ0) is 14.4. The van der Waals surface area contributed by atoms with E-state index >= 15 is 0 Å². The van der Waals surface area contributed by atoms with Gasteiger partial charge in [-0.05, 0) is 44.2 Å². The molecule has 0 spiro atoms. The number of nitrogens with one attached hydrogen (secondary N) is 2. The van der Waals surface area contributed by atoms with Crippen LogP contribution in [0, 0.1) is 5.92 Å². The zero-order valence-corrected chi connectivity index (χ0v) is 12.6. The van der Waals surface area contributed by atoms with Crippen LogP contribution in [0.25, 0.3) is 0 Å². The minimum atomic E-state index is -0.00748. The second kappa shape index (κ2) is 7.44. The highest BCUT2D eigenvalue weighted by Crippen LogP contribution is 2.19. The summed E-state index contributed by atoms with van der Waals surface area (Å²) in [7, 11) is 0. The maximum atomic E-state index is 12.3. The third-order valence-corrected chi connectivity index (χ3v) is 4.18. The van der Waals surface area contributed by atoms with Crippen LogP contribution in [-0.4, -0.2) is 24.5 Å². The van der Waals surface area contributed by atoms with Crippen LogP contribution in [-0.2, 0) is 11.2 Å². The van der Waals surface area contributed by atoms with Crippen molar-refractivity contribution >= 4 is 5.91 Å². The fourth-order valence-corrected chi connectivity index (χ4v) is 2.93. The molecule has 1 aliphatic heterocycles. The molecule has 110 valence electrons. The lowest BCUT2D eigenvalue weighted by molar-refractivity contribution is -0.124. The monoisotopic (exact) mass is 274 g/mol. The standard InChI is InChI=1S/C17H26N2O/c1-3-14-9-10-18-16(12-14)17(20)19-13(2)11-15-7-5-4-6-8-15/h4-8,13-14,16,18H,3,9-12H2,1-2H3,(H,19,20). The van der Waals surface area contributed by atoms with Crippen LogP contribution in [0.3, 0.4) is 0 Å². The molecular weight excluding hydrogens is 248 g/mol. The van der Waals surface area contributed by atoms with Gasteiger partial charge in [0.05, 0.1) is 6.04 Å². The Labute approximate surface area is 122 Å². The van der Waals surface area contributed by atoms with Crippen molar-refractivity contribution in [1.29, 1.82) is 0 Å². The Morgan fingerprint density at radius 1 is 1.40 bits per heavy atom. The minimum Gasteiger partial charge on any atom is -0.352 e. The Balaban J connectivity index is 1.81. The third-order valence-electron chi connectivity index (χ3n) is 4.18. The van der Waals surface area contributed by atoms with Crippen LogP contribution in [0.15, 0.2) is 30.3 Å². The molecule has 1 fully saturated rings. The van der Waals surface area contributed by atoms with E-state index in [2.05, 4.69) is 36.6 Å². The molecule has 3 heteroatoms. The van der Waals surface area contributed by atoms with Crippen molar-refractivity contribution in [3.05, 3.63) is 35.9 Å². The average molecular weight is 274 g/mol. The van der Waals surface area contributed by atoms with Crippen molar-refractivity contribution in [1.82, 2.24) is 10.6 Å². The second-order valence-corrected chi connectivity index (χ2v) is 5.90. The lowest BCUT2D eigenvalue weighted by Gasteiger charge is -2.29. The van der Waals surface area contributed by atoms with Gasteiger partial charge in [-0.3, -0.25) is 4.79 Å². The molecule has 0 bridgehead atoms. The molecule has 1 saturated heterocycles. The predicted molar refractivity (Wildman–Crippen MR) is 82.6 cm³/mol. The number of benzene rings is 1. The Kier molecular flexibility index (Phi) is 5.60. The van der Waals surface area contributed by atoms with Crippen molar-refractivity contribution in [2.24, 2.45) is 5.92 Å². The number of rotatable bonds is 5. The number of hydrogen-bond acceptors (Lipinski definition) is 2. The first-order valence-corrected chi connectivity index (χ1v) is 7.76. The molecule has 0 radical (unpaired) electrons. The fourth-order valence-electron chi connectivity index (χ4n) is 2.93. The van der Waals surface area contributed by atoms with Gasteiger partial charge in [-0.2, -0.15) is 0 Å². The lowest BCUT2D eigenvalue weighted by atomic mass is 9.90. The number of piperidine rings is 1. The lowest BCUT2D eigenvalue weighted by Crippen LogP contribution is -2.51. The smallest absolute Gasteiger partial charge is 0.237 e. The van der Waals surface area contributed by atoms with Crippen LogP contribution < -0.4 is 10.6 Å². The first-order valence-electron chi connectivity index (χ1n) is 7.76. The van der Waals surface area contributed by atoms with Crippen LogP contribution in [0.1, 0.15) is 38.7 Å².